The summed E-state index contributed by atoms with van der Waals surface area (Å²) < 4.78 is 14.2. The molecule has 0 amide bonds. The fourth-order valence-electron chi connectivity index (χ4n) is 7.51. The highest BCUT2D eigenvalue weighted by Gasteiger charge is 2.51. The summed E-state index contributed by atoms with van der Waals surface area (Å²) in [6.45, 7) is 12.2. The average Bonchev–Trinajstić information content (AvgIpc) is 3.10. The zero-order chi connectivity index (χ0) is 25.8. The molecule has 4 heteroatoms. The molecule has 4 unspecified atom stereocenters. The molecule has 200 valence electrons. The summed E-state index contributed by atoms with van der Waals surface area (Å²) in [5.41, 5.74) is 2.57. The van der Waals surface area contributed by atoms with E-state index in [9.17, 15) is 19.7 Å². The van der Waals surface area contributed by atoms with Gasteiger partial charge in [-0.05, 0) is 106 Å². The molecule has 3 rings (SSSR count). The van der Waals surface area contributed by atoms with Crippen LogP contribution in [0, 0.1) is 23.2 Å². The van der Waals surface area contributed by atoms with Crippen LogP contribution in [0.4, 0.5) is 4.39 Å². The SMILES string of the molecule is C=C1/C(=C\C=C2/CCC[C@@]3(C)C2CC[C@@H]3C(CCCC(C)O)CCCC(C)(C)O)CC(O)C[C@@H]1F. The van der Waals surface area contributed by atoms with Gasteiger partial charge in [-0.1, -0.05) is 56.9 Å². The lowest BCUT2D eigenvalue weighted by atomic mass is 9.60. The monoisotopic (exact) mass is 490 g/mol. The molecule has 0 spiro atoms. The van der Waals surface area contributed by atoms with E-state index in [1.807, 2.05) is 20.8 Å². The van der Waals surface area contributed by atoms with Crippen molar-refractivity contribution < 1.29 is 19.7 Å². The first-order valence-electron chi connectivity index (χ1n) is 14.2. The lowest BCUT2D eigenvalue weighted by molar-refractivity contribution is 0.0548. The number of rotatable bonds is 10. The van der Waals surface area contributed by atoms with Crippen molar-refractivity contribution in [3.05, 3.63) is 35.5 Å². The molecule has 0 saturated heterocycles. The van der Waals surface area contributed by atoms with Crippen molar-refractivity contribution in [1.29, 1.82) is 0 Å². The van der Waals surface area contributed by atoms with Gasteiger partial charge in [0.15, 0.2) is 0 Å². The van der Waals surface area contributed by atoms with Crippen LogP contribution in [0.2, 0.25) is 0 Å². The number of aliphatic hydroxyl groups excluding tert-OH is 2. The number of hydrogen-bond donors (Lipinski definition) is 3. The zero-order valence-electron chi connectivity index (χ0n) is 22.7. The highest BCUT2D eigenvalue weighted by Crippen LogP contribution is 2.60. The number of allylic oxidation sites excluding steroid dienone is 4. The van der Waals surface area contributed by atoms with Crippen molar-refractivity contribution in [3.63, 3.8) is 0 Å². The molecule has 3 aliphatic carbocycles. The molecule has 7 atom stereocenters. The van der Waals surface area contributed by atoms with Gasteiger partial charge < -0.3 is 15.3 Å². The van der Waals surface area contributed by atoms with Crippen molar-refractivity contribution in [1.82, 2.24) is 0 Å². The molecule has 3 nitrogen and oxygen atoms in total. The van der Waals surface area contributed by atoms with E-state index in [4.69, 9.17) is 0 Å². The summed E-state index contributed by atoms with van der Waals surface area (Å²) in [6.07, 6.45) is 15.1. The molecule has 0 bridgehead atoms. The summed E-state index contributed by atoms with van der Waals surface area (Å²) in [5, 5.41) is 30.1. The Morgan fingerprint density at radius 3 is 2.57 bits per heavy atom. The lowest BCUT2D eigenvalue weighted by Crippen LogP contribution is -2.37. The fourth-order valence-corrected chi connectivity index (χ4v) is 7.51. The van der Waals surface area contributed by atoms with E-state index >= 15 is 0 Å². The van der Waals surface area contributed by atoms with Gasteiger partial charge >= 0.3 is 0 Å². The summed E-state index contributed by atoms with van der Waals surface area (Å²) in [7, 11) is 0. The summed E-state index contributed by atoms with van der Waals surface area (Å²) in [6, 6.07) is 0. The minimum Gasteiger partial charge on any atom is -0.393 e. The maximum atomic E-state index is 14.2. The average molecular weight is 491 g/mol. The Bertz CT molecular complexity index is 777. The molecule has 0 aromatic rings. The molecular formula is C31H51FO3. The smallest absolute Gasteiger partial charge is 0.127 e. The van der Waals surface area contributed by atoms with Crippen molar-refractivity contribution in [2.24, 2.45) is 23.2 Å². The Kier molecular flexibility index (Phi) is 9.85. The Balaban J connectivity index is 1.76. The highest BCUT2D eigenvalue weighted by molar-refractivity contribution is 5.38. The normalized spacial score (nSPS) is 35.9. The summed E-state index contributed by atoms with van der Waals surface area (Å²) in [5.74, 6) is 1.86. The predicted molar refractivity (Wildman–Crippen MR) is 143 cm³/mol. The quantitative estimate of drug-likeness (QED) is 0.303. The molecule has 0 aliphatic heterocycles. The molecule has 3 saturated carbocycles. The van der Waals surface area contributed by atoms with Gasteiger partial charge in [0.2, 0.25) is 0 Å². The largest absolute Gasteiger partial charge is 0.393 e. The van der Waals surface area contributed by atoms with Crippen LogP contribution in [-0.4, -0.2) is 39.3 Å². The van der Waals surface area contributed by atoms with Crippen LogP contribution in [0.1, 0.15) is 111 Å². The molecule has 0 aromatic carbocycles. The van der Waals surface area contributed by atoms with Gasteiger partial charge in [-0.3, -0.25) is 0 Å². The zero-order valence-corrected chi connectivity index (χ0v) is 22.7. The maximum Gasteiger partial charge on any atom is 0.127 e. The van der Waals surface area contributed by atoms with E-state index in [2.05, 4.69) is 25.7 Å². The Labute approximate surface area is 213 Å². The number of hydrogen-bond acceptors (Lipinski definition) is 3. The highest BCUT2D eigenvalue weighted by atomic mass is 19.1. The van der Waals surface area contributed by atoms with E-state index in [0.29, 0.717) is 29.7 Å². The van der Waals surface area contributed by atoms with E-state index < -0.39 is 17.9 Å². The van der Waals surface area contributed by atoms with E-state index in [1.165, 1.54) is 31.3 Å². The van der Waals surface area contributed by atoms with E-state index in [-0.39, 0.29) is 17.9 Å². The number of alkyl halides is 1. The lowest BCUT2D eigenvalue weighted by Gasteiger charge is -2.45. The second-order valence-electron chi connectivity index (χ2n) is 12.9. The van der Waals surface area contributed by atoms with Gasteiger partial charge in [0.25, 0.3) is 0 Å². The van der Waals surface area contributed by atoms with Crippen molar-refractivity contribution in [2.45, 2.75) is 135 Å². The molecular weight excluding hydrogens is 439 g/mol. The van der Waals surface area contributed by atoms with Crippen LogP contribution in [0.15, 0.2) is 35.5 Å². The van der Waals surface area contributed by atoms with E-state index in [1.54, 1.807) is 0 Å². The third-order valence-electron chi connectivity index (χ3n) is 9.39. The Morgan fingerprint density at radius 1 is 1.17 bits per heavy atom. The standard InChI is InChI=1S/C31H51FO3/c1-21(33)9-6-10-23(11-7-17-30(3,4)35)27-15-16-28-24(12-8-18-31(27,28)5)13-14-25-19-26(34)20-29(32)22(25)2/h13-14,21,23,26-29,33-35H,2,6-12,15-20H2,1,3-5H3/b24-13+,25-14-/t21?,23?,26?,27-,28?,29+,31-/m1/s1. The molecule has 0 heterocycles. The number of halogens is 1. The molecule has 3 N–H and O–H groups in total. The number of aliphatic hydroxyl groups is 3. The first-order valence-corrected chi connectivity index (χ1v) is 14.2. The van der Waals surface area contributed by atoms with Gasteiger partial charge in [-0.25, -0.2) is 4.39 Å². The van der Waals surface area contributed by atoms with Gasteiger partial charge in [-0.2, -0.15) is 0 Å². The molecule has 0 radical (unpaired) electrons. The van der Waals surface area contributed by atoms with E-state index in [0.717, 1.165) is 50.5 Å². The second-order valence-corrected chi connectivity index (χ2v) is 12.9. The minimum absolute atomic E-state index is 0.166. The molecule has 3 fully saturated rings. The van der Waals surface area contributed by atoms with Gasteiger partial charge in [0.05, 0.1) is 17.8 Å². The first-order chi connectivity index (χ1) is 16.4. The second kappa shape index (κ2) is 12.0. The molecule has 3 aliphatic rings. The van der Waals surface area contributed by atoms with Gasteiger partial charge in [-0.15, -0.1) is 0 Å². The molecule has 0 aromatic heterocycles. The summed E-state index contributed by atoms with van der Waals surface area (Å²) >= 11 is 0. The van der Waals surface area contributed by atoms with Gasteiger partial charge in [0, 0.05) is 6.42 Å². The number of fused-ring (bicyclic) bond motifs is 1. The van der Waals surface area contributed by atoms with Crippen LogP contribution in [-0.2, 0) is 0 Å². The minimum atomic E-state index is -1.14. The predicted octanol–water partition coefficient (Wildman–Crippen LogP) is 7.21. The van der Waals surface area contributed by atoms with Crippen LogP contribution < -0.4 is 0 Å². The van der Waals surface area contributed by atoms with Crippen LogP contribution in [0.5, 0.6) is 0 Å². The Hall–Kier alpha value is -0.970. The van der Waals surface area contributed by atoms with Crippen LogP contribution >= 0.6 is 0 Å². The van der Waals surface area contributed by atoms with Crippen LogP contribution in [0.25, 0.3) is 0 Å². The fraction of sp³-hybridized carbons (Fsp3) is 0.806. The first kappa shape index (κ1) is 28.6. The molecule has 35 heavy (non-hydrogen) atoms. The van der Waals surface area contributed by atoms with Crippen molar-refractivity contribution >= 4 is 0 Å². The maximum absolute atomic E-state index is 14.2. The van der Waals surface area contributed by atoms with Crippen molar-refractivity contribution in [2.75, 3.05) is 0 Å². The summed E-state index contributed by atoms with van der Waals surface area (Å²) in [4.78, 5) is 0. The Morgan fingerprint density at radius 2 is 1.89 bits per heavy atom. The van der Waals surface area contributed by atoms with Crippen molar-refractivity contribution in [3.8, 4) is 0 Å². The van der Waals surface area contributed by atoms with Crippen LogP contribution in [0.3, 0.4) is 0 Å². The third-order valence-corrected chi connectivity index (χ3v) is 9.39. The van der Waals surface area contributed by atoms with Gasteiger partial charge in [0.1, 0.15) is 6.17 Å². The third kappa shape index (κ3) is 7.52. The topological polar surface area (TPSA) is 60.7 Å².